The summed E-state index contributed by atoms with van der Waals surface area (Å²) in [6.45, 7) is 2.66. The SMILES string of the molecule is O=C(Nc1ccc(F)cc1)N1CCCN(c2nc3cc(Cl)ccc3n3cccc23)CC1. The summed E-state index contributed by atoms with van der Waals surface area (Å²) < 4.78 is 15.2. The molecule has 158 valence electrons. The Labute approximate surface area is 183 Å². The van der Waals surface area contributed by atoms with E-state index in [1.54, 1.807) is 17.0 Å². The van der Waals surface area contributed by atoms with Crippen LogP contribution in [0.25, 0.3) is 16.6 Å². The molecule has 0 spiro atoms. The summed E-state index contributed by atoms with van der Waals surface area (Å²) in [4.78, 5) is 21.6. The van der Waals surface area contributed by atoms with Gasteiger partial charge in [-0.1, -0.05) is 11.6 Å². The van der Waals surface area contributed by atoms with Gasteiger partial charge >= 0.3 is 6.03 Å². The summed E-state index contributed by atoms with van der Waals surface area (Å²) in [5, 5.41) is 3.49. The molecule has 1 aliphatic rings. The number of amides is 2. The molecular formula is C23H21ClFN5O. The van der Waals surface area contributed by atoms with Crippen LogP contribution in [0.1, 0.15) is 6.42 Å². The van der Waals surface area contributed by atoms with Crippen molar-refractivity contribution in [3.05, 3.63) is 71.6 Å². The molecule has 4 aromatic rings. The highest BCUT2D eigenvalue weighted by Crippen LogP contribution is 2.28. The smallest absolute Gasteiger partial charge is 0.321 e. The molecule has 6 nitrogen and oxygen atoms in total. The standard InChI is InChI=1S/C23H21ClFN5O/c24-16-4-9-20-19(15-16)27-22(21-3-1-12-30(20)21)28-10-2-11-29(14-13-28)23(31)26-18-7-5-17(25)6-8-18/h1,3-9,12,15H,2,10-11,13-14H2,(H,26,31). The van der Waals surface area contributed by atoms with Gasteiger partial charge in [0.05, 0.1) is 16.6 Å². The monoisotopic (exact) mass is 437 g/mol. The number of rotatable bonds is 2. The summed E-state index contributed by atoms with van der Waals surface area (Å²) in [6.07, 6.45) is 2.84. The van der Waals surface area contributed by atoms with E-state index >= 15 is 0 Å². The predicted octanol–water partition coefficient (Wildman–Crippen LogP) is 5.02. The molecule has 0 bridgehead atoms. The van der Waals surface area contributed by atoms with E-state index in [1.807, 2.05) is 30.5 Å². The van der Waals surface area contributed by atoms with Gasteiger partial charge in [-0.3, -0.25) is 0 Å². The number of nitrogens with zero attached hydrogens (tertiary/aromatic N) is 4. The summed E-state index contributed by atoms with van der Waals surface area (Å²) in [6, 6.07) is 15.4. The Kier molecular flexibility index (Phi) is 5.11. The van der Waals surface area contributed by atoms with Crippen molar-refractivity contribution >= 4 is 45.7 Å². The number of nitrogens with one attached hydrogen (secondary N) is 1. The van der Waals surface area contributed by atoms with E-state index in [9.17, 15) is 9.18 Å². The Hall–Kier alpha value is -3.32. The van der Waals surface area contributed by atoms with Gasteiger partial charge in [-0.15, -0.1) is 0 Å². The number of halogens is 2. The third kappa shape index (κ3) is 3.88. The zero-order chi connectivity index (χ0) is 21.4. The zero-order valence-corrected chi connectivity index (χ0v) is 17.5. The van der Waals surface area contributed by atoms with E-state index in [0.717, 1.165) is 35.3 Å². The number of fused-ring (bicyclic) bond motifs is 3. The third-order valence-electron chi connectivity index (χ3n) is 5.58. The van der Waals surface area contributed by atoms with Gasteiger partial charge in [0.15, 0.2) is 5.82 Å². The largest absolute Gasteiger partial charge is 0.353 e. The van der Waals surface area contributed by atoms with Crippen LogP contribution in [0.2, 0.25) is 5.02 Å². The number of urea groups is 1. The van der Waals surface area contributed by atoms with Crippen LogP contribution in [0.4, 0.5) is 20.7 Å². The molecule has 8 heteroatoms. The lowest BCUT2D eigenvalue weighted by atomic mass is 10.2. The number of aromatic nitrogens is 2. The normalized spacial score (nSPS) is 14.8. The zero-order valence-electron chi connectivity index (χ0n) is 16.8. The van der Waals surface area contributed by atoms with Crippen LogP contribution < -0.4 is 10.2 Å². The molecule has 3 heterocycles. The van der Waals surface area contributed by atoms with Crippen molar-refractivity contribution in [2.75, 3.05) is 36.4 Å². The Morgan fingerprint density at radius 1 is 1.00 bits per heavy atom. The first kappa shape index (κ1) is 19.6. The second-order valence-corrected chi connectivity index (χ2v) is 8.03. The molecule has 0 unspecified atom stereocenters. The maximum absolute atomic E-state index is 13.1. The van der Waals surface area contributed by atoms with Crippen LogP contribution in [0.3, 0.4) is 0 Å². The van der Waals surface area contributed by atoms with E-state index < -0.39 is 0 Å². The lowest BCUT2D eigenvalue weighted by Crippen LogP contribution is -2.38. The second-order valence-electron chi connectivity index (χ2n) is 7.60. The van der Waals surface area contributed by atoms with Crippen molar-refractivity contribution in [1.82, 2.24) is 14.3 Å². The van der Waals surface area contributed by atoms with E-state index in [2.05, 4.69) is 20.7 Å². The third-order valence-corrected chi connectivity index (χ3v) is 5.81. The Balaban J connectivity index is 1.37. The highest BCUT2D eigenvalue weighted by atomic mass is 35.5. The fourth-order valence-electron chi connectivity index (χ4n) is 4.04. The van der Waals surface area contributed by atoms with E-state index in [4.69, 9.17) is 16.6 Å². The van der Waals surface area contributed by atoms with Gasteiger partial charge in [-0.2, -0.15) is 0 Å². The van der Waals surface area contributed by atoms with E-state index in [0.29, 0.717) is 30.3 Å². The molecule has 1 fully saturated rings. The maximum atomic E-state index is 13.1. The van der Waals surface area contributed by atoms with Gasteiger partial charge in [-0.05, 0) is 61.0 Å². The van der Waals surface area contributed by atoms with Crippen molar-refractivity contribution in [1.29, 1.82) is 0 Å². The van der Waals surface area contributed by atoms with Gasteiger partial charge < -0.3 is 19.5 Å². The minimum absolute atomic E-state index is 0.181. The molecule has 2 aromatic carbocycles. The van der Waals surface area contributed by atoms with E-state index in [1.165, 1.54) is 12.1 Å². The van der Waals surface area contributed by atoms with Crippen molar-refractivity contribution in [3.63, 3.8) is 0 Å². The Morgan fingerprint density at radius 2 is 1.84 bits per heavy atom. The number of hydrogen-bond donors (Lipinski definition) is 1. The minimum Gasteiger partial charge on any atom is -0.353 e. The van der Waals surface area contributed by atoms with Crippen LogP contribution in [-0.4, -0.2) is 46.5 Å². The molecule has 1 aliphatic heterocycles. The van der Waals surface area contributed by atoms with Gasteiger partial charge in [0.25, 0.3) is 0 Å². The van der Waals surface area contributed by atoms with E-state index in [-0.39, 0.29) is 11.8 Å². The topological polar surface area (TPSA) is 52.9 Å². The van der Waals surface area contributed by atoms with Crippen LogP contribution in [0.15, 0.2) is 60.8 Å². The molecule has 0 radical (unpaired) electrons. The maximum Gasteiger partial charge on any atom is 0.321 e. The quantitative estimate of drug-likeness (QED) is 0.479. The predicted molar refractivity (Wildman–Crippen MR) is 122 cm³/mol. The van der Waals surface area contributed by atoms with Gasteiger partial charge in [-0.25, -0.2) is 14.2 Å². The van der Waals surface area contributed by atoms with Gasteiger partial charge in [0.2, 0.25) is 0 Å². The summed E-state index contributed by atoms with van der Waals surface area (Å²) in [5.74, 6) is 0.560. The van der Waals surface area contributed by atoms with Gasteiger partial charge in [0.1, 0.15) is 5.82 Å². The molecule has 0 aliphatic carbocycles. The first-order chi connectivity index (χ1) is 15.1. The molecule has 0 saturated carbocycles. The summed E-state index contributed by atoms with van der Waals surface area (Å²) in [7, 11) is 0. The van der Waals surface area contributed by atoms with Crippen LogP contribution in [-0.2, 0) is 0 Å². The molecule has 0 atom stereocenters. The Morgan fingerprint density at radius 3 is 2.68 bits per heavy atom. The fraction of sp³-hybridized carbons (Fsp3) is 0.217. The summed E-state index contributed by atoms with van der Waals surface area (Å²) >= 11 is 6.20. The number of benzene rings is 2. The molecular weight excluding hydrogens is 417 g/mol. The van der Waals surface area contributed by atoms with Crippen molar-refractivity contribution in [3.8, 4) is 0 Å². The minimum atomic E-state index is -0.329. The van der Waals surface area contributed by atoms with Crippen LogP contribution in [0, 0.1) is 5.82 Å². The molecule has 1 N–H and O–H groups in total. The first-order valence-electron chi connectivity index (χ1n) is 10.2. The summed E-state index contributed by atoms with van der Waals surface area (Å²) in [5.41, 5.74) is 3.44. The molecule has 2 aromatic heterocycles. The average molecular weight is 438 g/mol. The molecule has 31 heavy (non-hydrogen) atoms. The van der Waals surface area contributed by atoms with Crippen molar-refractivity contribution in [2.45, 2.75) is 6.42 Å². The van der Waals surface area contributed by atoms with Crippen LogP contribution >= 0.6 is 11.6 Å². The first-order valence-corrected chi connectivity index (χ1v) is 10.6. The van der Waals surface area contributed by atoms with Crippen LogP contribution in [0.5, 0.6) is 0 Å². The fourth-order valence-corrected chi connectivity index (χ4v) is 4.20. The lowest BCUT2D eigenvalue weighted by Gasteiger charge is -2.24. The second kappa shape index (κ2) is 8.07. The number of carbonyl (C=O) groups is 1. The number of carbonyl (C=O) groups excluding carboxylic acids is 1. The molecule has 1 saturated heterocycles. The highest BCUT2D eigenvalue weighted by Gasteiger charge is 2.22. The molecule has 2 amide bonds. The average Bonchev–Trinajstić information content (AvgIpc) is 3.12. The number of anilines is 2. The molecule has 5 rings (SSSR count). The number of hydrogen-bond acceptors (Lipinski definition) is 3. The Bertz CT molecular complexity index is 1260. The highest BCUT2D eigenvalue weighted by molar-refractivity contribution is 6.31. The van der Waals surface area contributed by atoms with Crippen molar-refractivity contribution < 1.29 is 9.18 Å². The van der Waals surface area contributed by atoms with Gasteiger partial charge in [0, 0.05) is 43.1 Å². The lowest BCUT2D eigenvalue weighted by molar-refractivity contribution is 0.215. The van der Waals surface area contributed by atoms with Crippen molar-refractivity contribution in [2.24, 2.45) is 0 Å².